The number of halogens is 1. The van der Waals surface area contributed by atoms with Gasteiger partial charge in [-0.15, -0.1) is 0 Å². The molecule has 0 saturated heterocycles. The van der Waals surface area contributed by atoms with Crippen LogP contribution in [0.2, 0.25) is 0 Å². The van der Waals surface area contributed by atoms with Crippen LogP contribution >= 0.6 is 0 Å². The summed E-state index contributed by atoms with van der Waals surface area (Å²) in [6.45, 7) is 1.87. The maximum absolute atomic E-state index is 14.6. The van der Waals surface area contributed by atoms with Gasteiger partial charge in [-0.2, -0.15) is 0 Å². The van der Waals surface area contributed by atoms with Crippen LogP contribution in [0.5, 0.6) is 0 Å². The van der Waals surface area contributed by atoms with Gasteiger partial charge in [0.25, 0.3) is 5.91 Å². The molecular weight excluding hydrogens is 395 g/mol. The van der Waals surface area contributed by atoms with Crippen LogP contribution in [0.1, 0.15) is 16.7 Å². The quantitative estimate of drug-likeness (QED) is 0.675. The van der Waals surface area contributed by atoms with E-state index >= 15 is 0 Å². The number of nitrogens with zero attached hydrogens (tertiary/aromatic N) is 2. The third-order valence-electron chi connectivity index (χ3n) is 5.13. The number of hydrogen-bond acceptors (Lipinski definition) is 3. The number of nitrogens with one attached hydrogen (secondary N) is 2. The molecule has 0 bridgehead atoms. The van der Waals surface area contributed by atoms with Crippen molar-refractivity contribution < 1.29 is 14.0 Å². The molecule has 1 heterocycles. The molecule has 3 amide bonds. The second-order valence-electron chi connectivity index (χ2n) is 7.19. The summed E-state index contributed by atoms with van der Waals surface area (Å²) in [6, 6.07) is 20.1. The van der Waals surface area contributed by atoms with Gasteiger partial charge in [0.15, 0.2) is 0 Å². The van der Waals surface area contributed by atoms with E-state index in [0.29, 0.717) is 22.6 Å². The first-order valence-corrected chi connectivity index (χ1v) is 9.78. The maximum Gasteiger partial charge on any atom is 0.321 e. The van der Waals surface area contributed by atoms with Crippen LogP contribution < -0.4 is 15.5 Å². The zero-order chi connectivity index (χ0) is 22.0. The lowest BCUT2D eigenvalue weighted by Crippen LogP contribution is -2.47. The number of aliphatic imine (C=N–C) groups is 1. The average Bonchev–Trinajstić information content (AvgIpc) is 2.87. The van der Waals surface area contributed by atoms with E-state index < -0.39 is 23.9 Å². The van der Waals surface area contributed by atoms with Gasteiger partial charge in [-0.1, -0.05) is 48.5 Å². The highest BCUT2D eigenvalue weighted by Crippen LogP contribution is 2.28. The molecule has 3 aromatic rings. The van der Waals surface area contributed by atoms with E-state index in [1.807, 2.05) is 19.1 Å². The van der Waals surface area contributed by atoms with Crippen LogP contribution in [-0.2, 0) is 4.79 Å². The number of aryl methyl sites for hydroxylation is 1. The van der Waals surface area contributed by atoms with Crippen molar-refractivity contribution >= 4 is 29.0 Å². The summed E-state index contributed by atoms with van der Waals surface area (Å²) in [7, 11) is 1.61. The number of fused-ring (bicyclic) bond motifs is 1. The molecule has 4 rings (SSSR count). The molecule has 3 aromatic carbocycles. The van der Waals surface area contributed by atoms with Crippen molar-refractivity contribution in [1.29, 1.82) is 0 Å². The predicted octanol–water partition coefficient (Wildman–Crippen LogP) is 4.10. The Morgan fingerprint density at radius 1 is 0.968 bits per heavy atom. The minimum Gasteiger partial charge on any atom is -0.311 e. The van der Waals surface area contributed by atoms with Gasteiger partial charge in [0.2, 0.25) is 6.17 Å². The normalized spacial score (nSPS) is 15.6. The number of carbonyl (C=O) groups excluding carboxylic acids is 2. The van der Waals surface area contributed by atoms with Crippen LogP contribution in [0.4, 0.5) is 20.6 Å². The van der Waals surface area contributed by atoms with E-state index in [2.05, 4.69) is 15.6 Å². The van der Waals surface area contributed by atoms with Crippen LogP contribution in [-0.4, -0.2) is 30.9 Å². The summed E-state index contributed by atoms with van der Waals surface area (Å²) in [5.74, 6) is -0.894. The van der Waals surface area contributed by atoms with Gasteiger partial charge in [0, 0.05) is 23.9 Å². The molecule has 2 N–H and O–H groups in total. The highest BCUT2D eigenvalue weighted by atomic mass is 19.1. The Morgan fingerprint density at radius 3 is 2.35 bits per heavy atom. The third-order valence-corrected chi connectivity index (χ3v) is 5.13. The Kier molecular flexibility index (Phi) is 5.49. The molecule has 156 valence electrons. The Morgan fingerprint density at radius 2 is 1.61 bits per heavy atom. The number of anilines is 2. The van der Waals surface area contributed by atoms with Crippen molar-refractivity contribution in [1.82, 2.24) is 5.32 Å². The van der Waals surface area contributed by atoms with Crippen LogP contribution in [0.25, 0.3) is 0 Å². The van der Waals surface area contributed by atoms with Crippen molar-refractivity contribution in [2.45, 2.75) is 13.1 Å². The second kappa shape index (κ2) is 8.39. The first-order chi connectivity index (χ1) is 15.0. The van der Waals surface area contributed by atoms with E-state index in [4.69, 9.17) is 0 Å². The predicted molar refractivity (Wildman–Crippen MR) is 119 cm³/mol. The van der Waals surface area contributed by atoms with Crippen LogP contribution in [0, 0.1) is 12.7 Å². The molecule has 0 spiro atoms. The third kappa shape index (κ3) is 4.02. The number of benzodiazepines with no additional fused rings is 1. The summed E-state index contributed by atoms with van der Waals surface area (Å²) in [4.78, 5) is 31.7. The molecule has 1 aliphatic heterocycles. The lowest BCUT2D eigenvalue weighted by Gasteiger charge is -2.21. The number of rotatable bonds is 3. The van der Waals surface area contributed by atoms with E-state index in [9.17, 15) is 14.0 Å². The van der Waals surface area contributed by atoms with E-state index in [1.54, 1.807) is 61.6 Å². The largest absolute Gasteiger partial charge is 0.321 e. The summed E-state index contributed by atoms with van der Waals surface area (Å²) in [6.07, 6.45) is -1.23. The number of carbonyl (C=O) groups is 2. The van der Waals surface area contributed by atoms with E-state index in [-0.39, 0.29) is 5.56 Å². The van der Waals surface area contributed by atoms with Gasteiger partial charge in [-0.05, 0) is 36.8 Å². The minimum atomic E-state index is -1.23. The zero-order valence-corrected chi connectivity index (χ0v) is 17.1. The number of amides is 3. The summed E-state index contributed by atoms with van der Waals surface area (Å²) in [5, 5.41) is 5.35. The van der Waals surface area contributed by atoms with Crippen molar-refractivity contribution in [3.8, 4) is 0 Å². The molecule has 0 radical (unpaired) electrons. The average molecular weight is 416 g/mol. The summed E-state index contributed by atoms with van der Waals surface area (Å²) < 4.78 is 14.6. The molecule has 31 heavy (non-hydrogen) atoms. The highest BCUT2D eigenvalue weighted by Gasteiger charge is 2.31. The number of para-hydroxylation sites is 2. The Labute approximate surface area is 179 Å². The Hall–Kier alpha value is -4.00. The molecular formula is C24H21FN4O2. The van der Waals surface area contributed by atoms with E-state index in [1.165, 1.54) is 11.0 Å². The summed E-state index contributed by atoms with van der Waals surface area (Å²) >= 11 is 0. The van der Waals surface area contributed by atoms with Crippen LogP contribution in [0.15, 0.2) is 77.8 Å². The Balaban J connectivity index is 1.73. The lowest BCUT2D eigenvalue weighted by atomic mass is 10.00. The van der Waals surface area contributed by atoms with Gasteiger partial charge < -0.3 is 15.5 Å². The number of urea groups is 1. The zero-order valence-electron chi connectivity index (χ0n) is 17.1. The monoisotopic (exact) mass is 416 g/mol. The number of hydrogen-bond donors (Lipinski definition) is 2. The molecule has 7 heteroatoms. The topological polar surface area (TPSA) is 73.8 Å². The lowest BCUT2D eigenvalue weighted by molar-refractivity contribution is -0.119. The first kappa shape index (κ1) is 20.3. The second-order valence-corrected chi connectivity index (χ2v) is 7.19. The van der Waals surface area contributed by atoms with Gasteiger partial charge in [-0.3, -0.25) is 4.79 Å². The van der Waals surface area contributed by atoms with E-state index in [0.717, 1.165) is 5.56 Å². The fraction of sp³-hybridized carbons (Fsp3) is 0.125. The minimum absolute atomic E-state index is 0.254. The van der Waals surface area contributed by atoms with Gasteiger partial charge in [0.05, 0.1) is 11.4 Å². The molecule has 1 unspecified atom stereocenters. The molecule has 6 nitrogen and oxygen atoms in total. The molecule has 0 fully saturated rings. The molecule has 0 saturated carbocycles. The fourth-order valence-electron chi connectivity index (χ4n) is 3.48. The molecule has 1 aliphatic rings. The first-order valence-electron chi connectivity index (χ1n) is 9.78. The number of likely N-dealkylation sites (N-methyl/N-ethyl adjacent to an activating group) is 1. The van der Waals surface area contributed by atoms with Crippen molar-refractivity contribution in [3.63, 3.8) is 0 Å². The molecule has 1 atom stereocenters. The van der Waals surface area contributed by atoms with Crippen molar-refractivity contribution in [3.05, 3.63) is 95.3 Å². The van der Waals surface area contributed by atoms with Crippen molar-refractivity contribution in [2.75, 3.05) is 17.3 Å². The molecule has 0 aromatic heterocycles. The van der Waals surface area contributed by atoms with Crippen molar-refractivity contribution in [2.24, 2.45) is 4.99 Å². The van der Waals surface area contributed by atoms with Crippen LogP contribution in [0.3, 0.4) is 0 Å². The maximum atomic E-state index is 14.6. The van der Waals surface area contributed by atoms with Gasteiger partial charge in [0.1, 0.15) is 5.82 Å². The standard InChI is InChI=1S/C24H21FN4O2/c1-15-9-3-7-13-19(15)26-24(31)28-22-23(30)29(2)20-14-8-5-11-17(20)21(27-22)16-10-4-6-12-18(16)25/h3-14,22H,1-2H3,(H2,26,28,31). The summed E-state index contributed by atoms with van der Waals surface area (Å²) in [5.41, 5.74) is 3.24. The SMILES string of the molecule is Cc1ccccc1NC(=O)NC1N=C(c2ccccc2F)c2ccccc2N(C)C1=O. The Bertz CT molecular complexity index is 1190. The fourth-order valence-corrected chi connectivity index (χ4v) is 3.48. The smallest absolute Gasteiger partial charge is 0.311 e. The van der Waals surface area contributed by atoms with Gasteiger partial charge >= 0.3 is 6.03 Å². The highest BCUT2D eigenvalue weighted by molar-refractivity contribution is 6.20. The number of benzene rings is 3. The molecule has 0 aliphatic carbocycles. The van der Waals surface area contributed by atoms with Gasteiger partial charge in [-0.25, -0.2) is 14.2 Å².